The van der Waals surface area contributed by atoms with Gasteiger partial charge in [-0.3, -0.25) is 9.59 Å². The summed E-state index contributed by atoms with van der Waals surface area (Å²) in [5, 5.41) is 19.8. The highest BCUT2D eigenvalue weighted by molar-refractivity contribution is 6.26. The minimum Gasteiger partial charge on any atom is -0.465 e. The Bertz CT molecular complexity index is 1190. The molecule has 0 saturated carbocycles. The smallest absolute Gasteiger partial charge is 0.337 e. The molecule has 1 aromatic heterocycles. The summed E-state index contributed by atoms with van der Waals surface area (Å²) in [7, 11) is 1.24. The van der Waals surface area contributed by atoms with Crippen molar-refractivity contribution in [1.82, 2.24) is 4.57 Å². The molecule has 2 aromatic carbocycles. The molecule has 0 unspecified atom stereocenters. The molecule has 0 fully saturated rings. The number of aliphatic hydroxyl groups is 2. The Hall–Kier alpha value is -3.29. The van der Waals surface area contributed by atoms with Gasteiger partial charge >= 0.3 is 5.97 Å². The largest absolute Gasteiger partial charge is 0.465 e. The van der Waals surface area contributed by atoms with Crippen LogP contribution in [0.4, 0.5) is 0 Å². The van der Waals surface area contributed by atoms with E-state index in [0.717, 1.165) is 0 Å². The van der Waals surface area contributed by atoms with E-state index in [9.17, 15) is 24.6 Å². The highest BCUT2D eigenvalue weighted by Gasteiger charge is 2.33. The fourth-order valence-electron chi connectivity index (χ4n) is 3.67. The maximum Gasteiger partial charge on any atom is 0.337 e. The SMILES string of the molecule is COC(=O)c1ccc2c3c(n(C[C@H](O)CO)c(=O)c2c1)-c1ccccc1C3=O. The number of fused-ring (bicyclic) bond motifs is 5. The lowest BCUT2D eigenvalue weighted by Gasteiger charge is -2.17. The highest BCUT2D eigenvalue weighted by atomic mass is 16.5. The summed E-state index contributed by atoms with van der Waals surface area (Å²) in [6.07, 6.45) is -1.18. The van der Waals surface area contributed by atoms with Crippen molar-refractivity contribution >= 4 is 22.5 Å². The lowest BCUT2D eigenvalue weighted by Crippen LogP contribution is -2.30. The predicted molar refractivity (Wildman–Crippen MR) is 102 cm³/mol. The van der Waals surface area contributed by atoms with Gasteiger partial charge in [-0.15, -0.1) is 0 Å². The van der Waals surface area contributed by atoms with Crippen LogP contribution in [0.2, 0.25) is 0 Å². The third kappa shape index (κ3) is 2.56. The number of esters is 1. The monoisotopic (exact) mass is 379 g/mol. The van der Waals surface area contributed by atoms with Gasteiger partial charge in [-0.2, -0.15) is 0 Å². The minimum absolute atomic E-state index is 0.174. The van der Waals surface area contributed by atoms with Gasteiger partial charge in [0.05, 0.1) is 43.2 Å². The molecular weight excluding hydrogens is 362 g/mol. The molecular formula is C21H17NO6. The first-order valence-corrected chi connectivity index (χ1v) is 8.69. The van der Waals surface area contributed by atoms with Gasteiger partial charge < -0.3 is 19.5 Å². The van der Waals surface area contributed by atoms with Crippen molar-refractivity contribution in [3.63, 3.8) is 0 Å². The lowest BCUT2D eigenvalue weighted by molar-refractivity contribution is 0.0600. The molecule has 0 saturated heterocycles. The number of hydrogen-bond acceptors (Lipinski definition) is 6. The van der Waals surface area contributed by atoms with E-state index in [1.807, 2.05) is 0 Å². The summed E-state index contributed by atoms with van der Waals surface area (Å²) in [4.78, 5) is 38.2. The number of benzene rings is 2. The zero-order chi connectivity index (χ0) is 20.0. The number of ether oxygens (including phenoxy) is 1. The first kappa shape index (κ1) is 18.1. The molecule has 0 aliphatic heterocycles. The van der Waals surface area contributed by atoms with Crippen LogP contribution >= 0.6 is 0 Å². The summed E-state index contributed by atoms with van der Waals surface area (Å²) >= 11 is 0. The van der Waals surface area contributed by atoms with E-state index < -0.39 is 24.2 Å². The summed E-state index contributed by atoms with van der Waals surface area (Å²) in [6.45, 7) is -0.714. The minimum atomic E-state index is -1.18. The predicted octanol–water partition coefficient (Wildman–Crippen LogP) is 1.35. The number of aliphatic hydroxyl groups excluding tert-OH is 2. The average molecular weight is 379 g/mol. The molecule has 0 bridgehead atoms. The second kappa shape index (κ2) is 6.70. The van der Waals surface area contributed by atoms with Gasteiger partial charge in [-0.05, 0) is 12.1 Å². The number of ketones is 1. The molecule has 28 heavy (non-hydrogen) atoms. The van der Waals surface area contributed by atoms with Crippen LogP contribution in [0, 0.1) is 0 Å². The number of hydrogen-bond donors (Lipinski definition) is 2. The van der Waals surface area contributed by atoms with Crippen molar-refractivity contribution in [3.8, 4) is 11.3 Å². The van der Waals surface area contributed by atoms with Gasteiger partial charge in [-0.25, -0.2) is 4.79 Å². The van der Waals surface area contributed by atoms with Crippen molar-refractivity contribution in [2.75, 3.05) is 13.7 Å². The summed E-state index contributed by atoms with van der Waals surface area (Å²) in [6, 6.07) is 11.4. The number of methoxy groups -OCH3 is 1. The van der Waals surface area contributed by atoms with Crippen LogP contribution in [0.1, 0.15) is 26.3 Å². The van der Waals surface area contributed by atoms with Crippen LogP contribution in [0.15, 0.2) is 47.3 Å². The number of aromatic nitrogens is 1. The Morgan fingerprint density at radius 2 is 1.82 bits per heavy atom. The molecule has 4 rings (SSSR count). The number of carbonyl (C=O) groups excluding carboxylic acids is 2. The first-order valence-electron chi connectivity index (χ1n) is 8.69. The fourth-order valence-corrected chi connectivity index (χ4v) is 3.67. The van der Waals surface area contributed by atoms with Crippen molar-refractivity contribution in [2.24, 2.45) is 0 Å². The molecule has 0 radical (unpaired) electrons. The standard InChI is InChI=1S/C21H17NO6/c1-28-21(27)11-6-7-13-16(8-11)20(26)22(9-12(24)10-23)18-14-4-2-3-5-15(14)19(25)17(13)18/h2-8,12,23-24H,9-10H2,1H3/t12-/m0/s1. The molecule has 0 amide bonds. The van der Waals surface area contributed by atoms with E-state index in [4.69, 9.17) is 4.74 Å². The van der Waals surface area contributed by atoms with E-state index >= 15 is 0 Å². The van der Waals surface area contributed by atoms with Crippen LogP contribution < -0.4 is 5.56 Å². The van der Waals surface area contributed by atoms with Gasteiger partial charge in [0.25, 0.3) is 5.56 Å². The number of pyridine rings is 1. The van der Waals surface area contributed by atoms with Crippen molar-refractivity contribution in [2.45, 2.75) is 12.6 Å². The Labute approximate surface area is 159 Å². The molecule has 0 spiro atoms. The van der Waals surface area contributed by atoms with Gasteiger partial charge in [0.15, 0.2) is 5.78 Å². The third-order valence-electron chi connectivity index (χ3n) is 4.95. The Morgan fingerprint density at radius 1 is 1.11 bits per heavy atom. The molecule has 1 heterocycles. The van der Waals surface area contributed by atoms with Crippen molar-refractivity contribution < 1.29 is 24.5 Å². The summed E-state index contributed by atoms with van der Waals surface area (Å²) in [5.74, 6) is -0.827. The zero-order valence-corrected chi connectivity index (χ0v) is 15.0. The molecule has 1 aliphatic carbocycles. The maximum atomic E-state index is 13.2. The van der Waals surface area contributed by atoms with E-state index in [2.05, 4.69) is 0 Å². The van der Waals surface area contributed by atoms with Crippen LogP contribution in [0.5, 0.6) is 0 Å². The Balaban J connectivity index is 2.11. The van der Waals surface area contributed by atoms with E-state index in [0.29, 0.717) is 27.8 Å². The van der Waals surface area contributed by atoms with Gasteiger partial charge in [0.2, 0.25) is 0 Å². The third-order valence-corrected chi connectivity index (χ3v) is 4.95. The molecule has 1 atom stereocenters. The van der Waals surface area contributed by atoms with Gasteiger partial charge in [-0.1, -0.05) is 30.3 Å². The van der Waals surface area contributed by atoms with E-state index in [1.54, 1.807) is 30.3 Å². The van der Waals surface area contributed by atoms with Crippen LogP contribution in [-0.2, 0) is 11.3 Å². The molecule has 7 nitrogen and oxygen atoms in total. The molecule has 3 aromatic rings. The van der Waals surface area contributed by atoms with E-state index in [-0.39, 0.29) is 23.3 Å². The number of carbonyl (C=O) groups is 2. The van der Waals surface area contributed by atoms with Crippen molar-refractivity contribution in [1.29, 1.82) is 0 Å². The second-order valence-electron chi connectivity index (χ2n) is 6.60. The first-order chi connectivity index (χ1) is 13.5. The molecule has 142 valence electrons. The van der Waals surface area contributed by atoms with Crippen molar-refractivity contribution in [3.05, 3.63) is 69.5 Å². The number of nitrogens with zero attached hydrogens (tertiary/aromatic N) is 1. The number of rotatable bonds is 4. The quantitative estimate of drug-likeness (QED) is 0.519. The zero-order valence-electron chi connectivity index (χ0n) is 15.0. The van der Waals surface area contributed by atoms with Crippen LogP contribution in [0.3, 0.4) is 0 Å². The van der Waals surface area contributed by atoms with Crippen LogP contribution in [-0.4, -0.2) is 46.4 Å². The molecule has 7 heteroatoms. The fraction of sp³-hybridized carbons (Fsp3) is 0.190. The van der Waals surface area contributed by atoms with Gasteiger partial charge in [0.1, 0.15) is 0 Å². The van der Waals surface area contributed by atoms with Gasteiger partial charge in [0, 0.05) is 21.9 Å². The van der Waals surface area contributed by atoms with Crippen LogP contribution in [0.25, 0.3) is 22.0 Å². The molecule has 1 aliphatic rings. The summed E-state index contributed by atoms with van der Waals surface area (Å²) < 4.78 is 6.01. The lowest BCUT2D eigenvalue weighted by atomic mass is 10.0. The molecule has 2 N–H and O–H groups in total. The maximum absolute atomic E-state index is 13.2. The average Bonchev–Trinajstić information content (AvgIpc) is 3.02. The normalized spacial score (nSPS) is 13.3. The Kier molecular flexibility index (Phi) is 4.33. The van der Waals surface area contributed by atoms with E-state index in [1.165, 1.54) is 23.8 Å². The summed E-state index contributed by atoms with van der Waals surface area (Å²) in [5.41, 5.74) is 1.55. The second-order valence-corrected chi connectivity index (χ2v) is 6.60. The topological polar surface area (TPSA) is 106 Å². The highest BCUT2D eigenvalue weighted by Crippen LogP contribution is 2.39. The Morgan fingerprint density at radius 3 is 2.50 bits per heavy atom.